The van der Waals surface area contributed by atoms with Crippen LogP contribution in [-0.2, 0) is 4.79 Å². The number of nitrogens with one attached hydrogen (secondary N) is 1. The number of aliphatic carboxylic acids is 1. The normalized spacial score (nSPS) is 9.05. The Hall–Kier alpha value is -2.69. The molecule has 5 heteroatoms. The molecule has 0 bridgehead atoms. The molecule has 0 aromatic heterocycles. The number of carboxylic acid groups (broad SMARTS) is 1. The minimum absolute atomic E-state index is 0.120. The van der Waals surface area contributed by atoms with Crippen molar-refractivity contribution in [1.29, 1.82) is 0 Å². The van der Waals surface area contributed by atoms with Gasteiger partial charge in [0.05, 0.1) is 0 Å². The van der Waals surface area contributed by atoms with Crippen molar-refractivity contribution in [2.45, 2.75) is 0 Å². The summed E-state index contributed by atoms with van der Waals surface area (Å²) in [7, 11) is 0. The summed E-state index contributed by atoms with van der Waals surface area (Å²) in [6.07, 6.45) is 0. The van der Waals surface area contributed by atoms with Crippen molar-refractivity contribution in [3.05, 3.63) is 54.6 Å². The second-order valence-electron chi connectivity index (χ2n) is 3.63. The molecule has 0 saturated heterocycles. The van der Waals surface area contributed by atoms with Crippen LogP contribution in [0.2, 0.25) is 0 Å². The molecule has 2 aromatic rings. The number of hydrogen-bond acceptors (Lipinski definition) is 4. The molecule has 19 heavy (non-hydrogen) atoms. The molecule has 5 nitrogen and oxygen atoms in total. The fraction of sp³-hybridized carbons (Fsp3) is 0.0714. The van der Waals surface area contributed by atoms with Crippen LogP contribution in [0.4, 0.5) is 5.69 Å². The van der Waals surface area contributed by atoms with E-state index in [0.29, 0.717) is 11.4 Å². The van der Waals surface area contributed by atoms with Crippen molar-refractivity contribution in [2.75, 3.05) is 11.9 Å². The lowest BCUT2D eigenvalue weighted by Gasteiger charge is -2.01. The molecule has 0 fully saturated rings. The zero-order valence-electron chi connectivity index (χ0n) is 10.2. The van der Waals surface area contributed by atoms with E-state index in [4.69, 9.17) is 15.3 Å². The molecular formula is C14H15NO4. The average Bonchev–Trinajstić information content (AvgIpc) is 2.40. The summed E-state index contributed by atoms with van der Waals surface area (Å²) in [5.74, 6) is -0.429. The molecule has 0 saturated carbocycles. The van der Waals surface area contributed by atoms with Gasteiger partial charge in [0, 0.05) is 5.69 Å². The van der Waals surface area contributed by atoms with Gasteiger partial charge >= 0.3 is 5.97 Å². The molecular weight excluding hydrogens is 246 g/mol. The molecule has 0 atom stereocenters. The Labute approximate surface area is 110 Å². The number of rotatable bonds is 3. The standard InChI is InChI=1S/C8H9NO3.C6H6O/c10-7-3-1-6(2-4-7)9-5-8(11)12;7-6-4-2-1-3-5-6/h1-4,9-10H,5H2,(H,11,12);1-5,7H. The van der Waals surface area contributed by atoms with Crippen molar-refractivity contribution in [1.82, 2.24) is 0 Å². The maximum Gasteiger partial charge on any atom is 0.322 e. The quantitative estimate of drug-likeness (QED) is 0.636. The summed E-state index contributed by atoms with van der Waals surface area (Å²) in [5, 5.41) is 28.5. The van der Waals surface area contributed by atoms with Gasteiger partial charge < -0.3 is 20.6 Å². The molecule has 0 aliphatic heterocycles. The number of hydrogen-bond donors (Lipinski definition) is 4. The fourth-order valence-electron chi connectivity index (χ4n) is 1.18. The topological polar surface area (TPSA) is 89.8 Å². The van der Waals surface area contributed by atoms with E-state index in [-0.39, 0.29) is 12.3 Å². The van der Waals surface area contributed by atoms with Crippen molar-refractivity contribution in [2.24, 2.45) is 0 Å². The van der Waals surface area contributed by atoms with Gasteiger partial charge in [0.1, 0.15) is 18.0 Å². The highest BCUT2D eigenvalue weighted by Gasteiger charge is 1.95. The van der Waals surface area contributed by atoms with Gasteiger partial charge in [-0.1, -0.05) is 18.2 Å². The zero-order chi connectivity index (χ0) is 14.1. The number of aromatic hydroxyl groups is 2. The first-order valence-corrected chi connectivity index (χ1v) is 5.56. The first-order chi connectivity index (χ1) is 9.08. The van der Waals surface area contributed by atoms with Crippen LogP contribution >= 0.6 is 0 Å². The number of para-hydroxylation sites is 1. The summed E-state index contributed by atoms with van der Waals surface area (Å²) in [4.78, 5) is 10.1. The second kappa shape index (κ2) is 7.60. The third-order valence-corrected chi connectivity index (χ3v) is 2.07. The third kappa shape index (κ3) is 6.58. The Morgan fingerprint density at radius 1 is 0.895 bits per heavy atom. The molecule has 0 amide bonds. The van der Waals surface area contributed by atoms with E-state index in [1.165, 1.54) is 12.1 Å². The number of anilines is 1. The van der Waals surface area contributed by atoms with Gasteiger partial charge in [-0.3, -0.25) is 4.79 Å². The van der Waals surface area contributed by atoms with Crippen LogP contribution in [-0.4, -0.2) is 27.8 Å². The second-order valence-corrected chi connectivity index (χ2v) is 3.63. The van der Waals surface area contributed by atoms with Crippen LogP contribution in [0.15, 0.2) is 54.6 Å². The van der Waals surface area contributed by atoms with Gasteiger partial charge in [-0.15, -0.1) is 0 Å². The van der Waals surface area contributed by atoms with Gasteiger partial charge in [-0.25, -0.2) is 0 Å². The summed E-state index contributed by atoms with van der Waals surface area (Å²) >= 11 is 0. The van der Waals surface area contributed by atoms with Crippen LogP contribution in [0, 0.1) is 0 Å². The largest absolute Gasteiger partial charge is 0.508 e. The Balaban J connectivity index is 0.000000218. The van der Waals surface area contributed by atoms with Crippen LogP contribution < -0.4 is 5.32 Å². The van der Waals surface area contributed by atoms with E-state index in [0.717, 1.165) is 0 Å². The SMILES string of the molecule is O=C(O)CNc1ccc(O)cc1.Oc1ccccc1. The van der Waals surface area contributed by atoms with Crippen molar-refractivity contribution >= 4 is 11.7 Å². The maximum absolute atomic E-state index is 10.1. The summed E-state index contributed by atoms with van der Waals surface area (Å²) in [5.41, 5.74) is 0.676. The number of phenols is 2. The molecule has 4 N–H and O–H groups in total. The molecule has 2 aromatic carbocycles. The minimum atomic E-state index is -0.914. The van der Waals surface area contributed by atoms with E-state index in [1.54, 1.807) is 36.4 Å². The van der Waals surface area contributed by atoms with E-state index in [2.05, 4.69) is 5.32 Å². The molecule has 2 rings (SSSR count). The summed E-state index contributed by atoms with van der Waals surface area (Å²) in [6, 6.07) is 14.9. The first-order valence-electron chi connectivity index (χ1n) is 5.56. The molecule has 0 aliphatic carbocycles. The number of carbonyl (C=O) groups is 1. The Bertz CT molecular complexity index is 497. The van der Waals surface area contributed by atoms with Crippen LogP contribution in [0.25, 0.3) is 0 Å². The zero-order valence-corrected chi connectivity index (χ0v) is 10.2. The smallest absolute Gasteiger partial charge is 0.322 e. The lowest BCUT2D eigenvalue weighted by molar-refractivity contribution is -0.134. The van der Waals surface area contributed by atoms with Gasteiger partial charge in [0.2, 0.25) is 0 Å². The lowest BCUT2D eigenvalue weighted by atomic mass is 10.3. The van der Waals surface area contributed by atoms with Gasteiger partial charge in [0.25, 0.3) is 0 Å². The van der Waals surface area contributed by atoms with Gasteiger partial charge in [-0.2, -0.15) is 0 Å². The maximum atomic E-state index is 10.1. The molecule has 0 unspecified atom stereocenters. The van der Waals surface area contributed by atoms with Crippen molar-refractivity contribution < 1.29 is 20.1 Å². The fourth-order valence-corrected chi connectivity index (χ4v) is 1.18. The average molecular weight is 261 g/mol. The molecule has 0 heterocycles. The third-order valence-electron chi connectivity index (χ3n) is 2.07. The molecule has 0 aliphatic rings. The number of carboxylic acids is 1. The highest BCUT2D eigenvalue weighted by Crippen LogP contribution is 2.12. The highest BCUT2D eigenvalue weighted by molar-refractivity contribution is 5.72. The van der Waals surface area contributed by atoms with E-state index in [1.807, 2.05) is 6.07 Å². The van der Waals surface area contributed by atoms with Crippen LogP contribution in [0.1, 0.15) is 0 Å². The van der Waals surface area contributed by atoms with Crippen molar-refractivity contribution in [3.8, 4) is 11.5 Å². The van der Waals surface area contributed by atoms with Gasteiger partial charge in [-0.05, 0) is 36.4 Å². The first kappa shape index (κ1) is 14.4. The summed E-state index contributed by atoms with van der Waals surface area (Å²) < 4.78 is 0. The molecule has 0 radical (unpaired) electrons. The Morgan fingerprint density at radius 2 is 1.42 bits per heavy atom. The molecule has 100 valence electrons. The lowest BCUT2D eigenvalue weighted by Crippen LogP contribution is -2.11. The van der Waals surface area contributed by atoms with Crippen molar-refractivity contribution in [3.63, 3.8) is 0 Å². The predicted octanol–water partition coefficient (Wildman–Crippen LogP) is 2.28. The number of benzene rings is 2. The van der Waals surface area contributed by atoms with Crippen LogP contribution in [0.5, 0.6) is 11.5 Å². The van der Waals surface area contributed by atoms with Gasteiger partial charge in [0.15, 0.2) is 0 Å². The molecule has 0 spiro atoms. The number of phenolic OH excluding ortho intramolecular Hbond substituents is 2. The van der Waals surface area contributed by atoms with Crippen LogP contribution in [0.3, 0.4) is 0 Å². The van der Waals surface area contributed by atoms with E-state index >= 15 is 0 Å². The predicted molar refractivity (Wildman–Crippen MR) is 72.3 cm³/mol. The van der Waals surface area contributed by atoms with E-state index < -0.39 is 5.97 Å². The Morgan fingerprint density at radius 3 is 1.84 bits per heavy atom. The minimum Gasteiger partial charge on any atom is -0.508 e. The monoisotopic (exact) mass is 261 g/mol. The summed E-state index contributed by atoms with van der Waals surface area (Å²) in [6.45, 7) is -0.120. The Kier molecular flexibility index (Phi) is 5.75. The highest BCUT2D eigenvalue weighted by atomic mass is 16.4. The van der Waals surface area contributed by atoms with E-state index in [9.17, 15) is 4.79 Å².